The van der Waals surface area contributed by atoms with Crippen LogP contribution in [0, 0.1) is 6.07 Å². The molecule has 1 aliphatic rings. The Morgan fingerprint density at radius 3 is 2.46 bits per heavy atom. The fourth-order valence-corrected chi connectivity index (χ4v) is 4.54. The van der Waals surface area contributed by atoms with Crippen LogP contribution in [-0.4, -0.2) is 61.1 Å². The predicted octanol–water partition coefficient (Wildman–Crippen LogP) is 3.92. The maximum Gasteiger partial charge on any atom is 0.416 e. The molecule has 1 fully saturated rings. The van der Waals surface area contributed by atoms with Crippen LogP contribution in [0.25, 0.3) is 11.4 Å². The number of rotatable bonds is 7. The summed E-state index contributed by atoms with van der Waals surface area (Å²) >= 11 is 0. The minimum Gasteiger partial charge on any atom is -0.464 e. The van der Waals surface area contributed by atoms with E-state index in [0.29, 0.717) is 60.6 Å². The van der Waals surface area contributed by atoms with Crippen LogP contribution in [0.2, 0.25) is 0 Å². The zero-order valence-electron chi connectivity index (χ0n) is 19.6. The van der Waals surface area contributed by atoms with Gasteiger partial charge < -0.3 is 14.7 Å². The number of hydrogen-bond acceptors (Lipinski definition) is 7. The summed E-state index contributed by atoms with van der Waals surface area (Å²) in [6.45, 7) is 5.72. The second-order valence-electron chi connectivity index (χ2n) is 8.41. The third-order valence-corrected chi connectivity index (χ3v) is 7.81. The van der Waals surface area contributed by atoms with Crippen LogP contribution >= 0.6 is 0 Å². The number of hydrogen-bond donors (Lipinski definition) is 1. The van der Waals surface area contributed by atoms with E-state index in [9.17, 15) is 18.3 Å². The van der Waals surface area contributed by atoms with Gasteiger partial charge >= 0.3 is 6.09 Å². The largest absolute Gasteiger partial charge is 0.464 e. The molecule has 0 unspecified atom stereocenters. The standard InChI is InChI=1S/C25H27N4O5S/c1-18(2)35(32,33)17-20-16-23(28-12-14-34-15-13-28)27-24(26-20)19-8-10-22(11-9-19)29(25(30)31)21-6-4-3-5-7-21/h3-6,8-11,16,18H,12-15,17H2,1-2H3,(H,30,31). The average Bonchev–Trinajstić information content (AvgIpc) is 2.85. The number of para-hydroxylation sites is 1. The third-order valence-electron chi connectivity index (χ3n) is 5.68. The lowest BCUT2D eigenvalue weighted by molar-refractivity contribution is 0.122. The number of nitrogens with zero attached hydrogens (tertiary/aromatic N) is 4. The van der Waals surface area contributed by atoms with E-state index >= 15 is 0 Å². The summed E-state index contributed by atoms with van der Waals surface area (Å²) in [5.74, 6) is 0.830. The van der Waals surface area contributed by atoms with Gasteiger partial charge in [-0.15, -0.1) is 0 Å². The maximum atomic E-state index is 12.6. The summed E-state index contributed by atoms with van der Waals surface area (Å²) in [6, 6.07) is 18.3. The number of ether oxygens (including phenoxy) is 1. The van der Waals surface area contributed by atoms with E-state index < -0.39 is 21.2 Å². The molecule has 10 heteroatoms. The van der Waals surface area contributed by atoms with Crippen LogP contribution in [0.5, 0.6) is 0 Å². The van der Waals surface area contributed by atoms with E-state index in [2.05, 4.69) is 11.1 Å². The van der Waals surface area contributed by atoms with E-state index in [-0.39, 0.29) is 5.75 Å². The van der Waals surface area contributed by atoms with Crippen LogP contribution < -0.4 is 9.80 Å². The van der Waals surface area contributed by atoms with E-state index in [4.69, 9.17) is 9.72 Å². The number of amides is 1. The van der Waals surface area contributed by atoms with E-state index in [1.165, 1.54) is 0 Å². The van der Waals surface area contributed by atoms with Gasteiger partial charge in [-0.1, -0.05) is 18.2 Å². The highest BCUT2D eigenvalue weighted by molar-refractivity contribution is 7.91. The molecule has 1 aliphatic heterocycles. The van der Waals surface area contributed by atoms with Gasteiger partial charge in [-0.3, -0.25) is 0 Å². The fraction of sp³-hybridized carbons (Fsp3) is 0.320. The molecule has 3 aromatic rings. The Bertz CT molecular complexity index is 1270. The first-order valence-corrected chi connectivity index (χ1v) is 13.0. The van der Waals surface area contributed by atoms with Crippen LogP contribution in [0.4, 0.5) is 22.0 Å². The Balaban J connectivity index is 1.71. The van der Waals surface area contributed by atoms with Crippen molar-refractivity contribution < 1.29 is 23.1 Å². The molecular formula is C25H27N4O5S. The number of carbonyl (C=O) groups is 1. The molecule has 2 heterocycles. The zero-order chi connectivity index (χ0) is 25.0. The Morgan fingerprint density at radius 2 is 1.86 bits per heavy atom. The Morgan fingerprint density at radius 1 is 1.14 bits per heavy atom. The lowest BCUT2D eigenvalue weighted by Gasteiger charge is -2.28. The quantitative estimate of drug-likeness (QED) is 0.525. The molecule has 1 radical (unpaired) electrons. The Hall–Kier alpha value is -3.50. The molecule has 2 aromatic carbocycles. The maximum absolute atomic E-state index is 12.6. The monoisotopic (exact) mass is 495 g/mol. The van der Waals surface area contributed by atoms with Gasteiger partial charge in [-0.05, 0) is 44.2 Å². The molecule has 1 aromatic heterocycles. The number of aromatic nitrogens is 2. The number of carboxylic acid groups (broad SMARTS) is 1. The summed E-state index contributed by atoms with van der Waals surface area (Å²) in [6.07, 6.45) is -1.13. The van der Waals surface area contributed by atoms with Gasteiger partial charge in [0.15, 0.2) is 15.7 Å². The van der Waals surface area contributed by atoms with Gasteiger partial charge in [-0.2, -0.15) is 0 Å². The summed E-state index contributed by atoms with van der Waals surface area (Å²) in [7, 11) is -3.36. The zero-order valence-corrected chi connectivity index (χ0v) is 20.4. The molecule has 0 bridgehead atoms. The minimum atomic E-state index is -3.36. The van der Waals surface area contributed by atoms with Crippen molar-refractivity contribution in [2.45, 2.75) is 24.9 Å². The smallest absolute Gasteiger partial charge is 0.416 e. The second kappa shape index (κ2) is 10.4. The lowest BCUT2D eigenvalue weighted by atomic mass is 10.1. The Kier molecular flexibility index (Phi) is 7.32. The number of sulfone groups is 1. The third kappa shape index (κ3) is 5.77. The topological polar surface area (TPSA) is 113 Å². The highest BCUT2D eigenvalue weighted by Gasteiger charge is 2.22. The molecule has 0 aliphatic carbocycles. The van der Waals surface area contributed by atoms with Crippen LogP contribution in [0.15, 0.2) is 54.6 Å². The van der Waals surface area contributed by atoms with Crippen LogP contribution in [0.3, 0.4) is 0 Å². The number of morpholine rings is 1. The molecule has 183 valence electrons. The van der Waals surface area contributed by atoms with Gasteiger partial charge in [0.05, 0.1) is 41.3 Å². The summed E-state index contributed by atoms with van der Waals surface area (Å²) in [4.78, 5) is 24.3. The molecule has 1 saturated heterocycles. The molecule has 1 N–H and O–H groups in total. The summed E-state index contributed by atoms with van der Waals surface area (Å²) in [5.41, 5.74) is 1.91. The molecule has 0 saturated carbocycles. The second-order valence-corrected chi connectivity index (χ2v) is 11.0. The van der Waals surface area contributed by atoms with Crippen molar-refractivity contribution in [2.24, 2.45) is 0 Å². The first-order chi connectivity index (χ1) is 16.7. The molecule has 4 rings (SSSR count). The summed E-state index contributed by atoms with van der Waals surface area (Å²) in [5, 5.41) is 9.22. The molecule has 0 spiro atoms. The van der Waals surface area contributed by atoms with Gasteiger partial charge in [-0.25, -0.2) is 28.1 Å². The number of benzene rings is 2. The van der Waals surface area contributed by atoms with Crippen molar-refractivity contribution in [3.8, 4) is 11.4 Å². The van der Waals surface area contributed by atoms with Gasteiger partial charge in [0, 0.05) is 30.8 Å². The van der Waals surface area contributed by atoms with Gasteiger partial charge in [0.2, 0.25) is 0 Å². The van der Waals surface area contributed by atoms with E-state index in [1.54, 1.807) is 68.4 Å². The van der Waals surface area contributed by atoms with Gasteiger partial charge in [0.25, 0.3) is 0 Å². The SMILES string of the molecule is CC(C)S(=O)(=O)Cc1cc(N2CCOCC2)nc(-c2ccc(N(C(=O)O)c3[c]cccc3)cc2)n1. The molecule has 9 nitrogen and oxygen atoms in total. The first-order valence-electron chi connectivity index (χ1n) is 11.3. The Labute approximate surface area is 204 Å². The lowest BCUT2D eigenvalue weighted by Crippen LogP contribution is -2.37. The highest BCUT2D eigenvalue weighted by atomic mass is 32.2. The van der Waals surface area contributed by atoms with Crippen LogP contribution in [0.1, 0.15) is 19.5 Å². The van der Waals surface area contributed by atoms with Crippen molar-refractivity contribution in [1.82, 2.24) is 9.97 Å². The van der Waals surface area contributed by atoms with E-state index in [1.807, 2.05) is 4.90 Å². The molecule has 0 atom stereocenters. The normalized spacial score (nSPS) is 14.2. The van der Waals surface area contributed by atoms with Crippen molar-refractivity contribution in [1.29, 1.82) is 0 Å². The summed E-state index contributed by atoms with van der Waals surface area (Å²) < 4.78 is 30.6. The van der Waals surface area contributed by atoms with E-state index in [0.717, 1.165) is 4.90 Å². The van der Waals surface area contributed by atoms with Crippen molar-refractivity contribution >= 4 is 33.1 Å². The highest BCUT2D eigenvalue weighted by Crippen LogP contribution is 2.28. The predicted molar refractivity (Wildman–Crippen MR) is 134 cm³/mol. The van der Waals surface area contributed by atoms with Crippen molar-refractivity contribution in [3.63, 3.8) is 0 Å². The van der Waals surface area contributed by atoms with Crippen molar-refractivity contribution in [2.75, 3.05) is 36.1 Å². The average molecular weight is 496 g/mol. The van der Waals surface area contributed by atoms with Crippen LogP contribution in [-0.2, 0) is 20.3 Å². The minimum absolute atomic E-state index is 0.188. The van der Waals surface area contributed by atoms with Crippen molar-refractivity contribution in [3.05, 3.63) is 66.4 Å². The first kappa shape index (κ1) is 24.6. The number of anilines is 3. The molecule has 35 heavy (non-hydrogen) atoms. The molecular weight excluding hydrogens is 468 g/mol. The van der Waals surface area contributed by atoms with Gasteiger partial charge in [0.1, 0.15) is 5.82 Å². The fourth-order valence-electron chi connectivity index (χ4n) is 3.65. The molecule has 1 amide bonds.